The number of H-pyrrole nitrogens is 1. The average molecular weight is 620 g/mol. The third-order valence-corrected chi connectivity index (χ3v) is 4.65. The van der Waals surface area contributed by atoms with Crippen LogP contribution in [0.1, 0.15) is 53.2 Å². The molecule has 16 heteroatoms. The van der Waals surface area contributed by atoms with E-state index in [-0.39, 0.29) is 43.8 Å². The van der Waals surface area contributed by atoms with Gasteiger partial charge in [0.15, 0.2) is 6.23 Å². The van der Waals surface area contributed by atoms with E-state index in [1.54, 1.807) is 45.0 Å². The predicted molar refractivity (Wildman–Crippen MR) is 151 cm³/mol. The third kappa shape index (κ3) is 23.0. The Morgan fingerprint density at radius 1 is 1.12 bits per heavy atom. The second-order valence-electron chi connectivity index (χ2n) is 8.34. The maximum absolute atomic E-state index is 13.0. The monoisotopic (exact) mass is 619 g/mol. The number of phenols is 1. The molecule has 2 unspecified atom stereocenters. The van der Waals surface area contributed by atoms with E-state index in [0.717, 1.165) is 16.8 Å². The van der Waals surface area contributed by atoms with E-state index < -0.39 is 44.9 Å². The summed E-state index contributed by atoms with van der Waals surface area (Å²) in [5.41, 5.74) is 3.62. The summed E-state index contributed by atoms with van der Waals surface area (Å²) in [6, 6.07) is 9.81. The molecule has 0 fully saturated rings. The van der Waals surface area contributed by atoms with E-state index in [1.165, 1.54) is 6.92 Å². The van der Waals surface area contributed by atoms with Crippen molar-refractivity contribution in [2.75, 3.05) is 19.8 Å². The molecule has 1 heterocycles. The van der Waals surface area contributed by atoms with Crippen LogP contribution in [0.3, 0.4) is 0 Å². The number of hydrogen-bond donors (Lipinski definition) is 4. The number of nitrogens with zero attached hydrogens (tertiary/aromatic N) is 1. The molecule has 0 saturated carbocycles. The van der Waals surface area contributed by atoms with Gasteiger partial charge in [-0.15, -0.1) is 0 Å². The highest BCUT2D eigenvalue weighted by molar-refractivity contribution is 7.17. The lowest BCUT2D eigenvalue weighted by Crippen LogP contribution is -2.35. The van der Waals surface area contributed by atoms with Gasteiger partial charge >= 0.3 is 26.3 Å². The van der Waals surface area contributed by atoms with Crippen molar-refractivity contribution in [2.45, 2.75) is 65.4 Å². The molecule has 0 amide bonds. The number of aromatic nitrogens is 2. The number of aromatic hydroxyl groups is 1. The second-order valence-corrected chi connectivity index (χ2v) is 8.74. The molecule has 0 radical (unpaired) electrons. The minimum absolute atomic E-state index is 0.0101. The van der Waals surface area contributed by atoms with Gasteiger partial charge in [-0.1, -0.05) is 25.1 Å². The number of benzene rings is 1. The molecule has 42 heavy (non-hydrogen) atoms. The van der Waals surface area contributed by atoms with Crippen LogP contribution >= 0.6 is 8.69 Å². The minimum Gasteiger partial charge on any atom is -0.508 e. The molecule has 0 aliphatic carbocycles. The number of carbonyl (C=O) groups is 3. The van der Waals surface area contributed by atoms with Gasteiger partial charge in [0.05, 0.1) is 31.8 Å². The number of halogens is 1. The number of para-hydroxylation sites is 1. The van der Waals surface area contributed by atoms with E-state index >= 15 is 0 Å². The molecule has 14 nitrogen and oxygen atoms in total. The first-order chi connectivity index (χ1) is 19.8. The summed E-state index contributed by atoms with van der Waals surface area (Å²) in [6.45, 7) is 5.76. The Labute approximate surface area is 243 Å². The highest BCUT2D eigenvalue weighted by atomic mass is 31.1. The molecule has 2 aromatic rings. The zero-order valence-corrected chi connectivity index (χ0v) is 24.8. The Morgan fingerprint density at radius 2 is 1.74 bits per heavy atom. The number of aliphatic carboxylic acids is 1. The minimum atomic E-state index is -1.17. The molecule has 0 aliphatic heterocycles. The summed E-state index contributed by atoms with van der Waals surface area (Å²) in [5, 5.41) is 16.6. The van der Waals surface area contributed by atoms with Gasteiger partial charge in [0.2, 0.25) is 0 Å². The van der Waals surface area contributed by atoms with Gasteiger partial charge in [-0.25, -0.2) is 13.8 Å². The maximum Gasteiger partial charge on any atom is 0.330 e. The number of aromatic amines is 1. The van der Waals surface area contributed by atoms with Crippen molar-refractivity contribution >= 4 is 26.4 Å². The number of ketones is 1. The zero-order valence-electron chi connectivity index (χ0n) is 23.9. The van der Waals surface area contributed by atoms with Crippen molar-refractivity contribution in [3.8, 4) is 5.75 Å². The van der Waals surface area contributed by atoms with Crippen LogP contribution in [0.2, 0.25) is 0 Å². The number of nitrogens with two attached hydrogens (primary N) is 1. The molecule has 1 aromatic carbocycles. The largest absolute Gasteiger partial charge is 0.508 e. The fourth-order valence-corrected chi connectivity index (χ4v) is 2.67. The van der Waals surface area contributed by atoms with Crippen LogP contribution in [-0.2, 0) is 32.9 Å². The van der Waals surface area contributed by atoms with Crippen LogP contribution in [0.4, 0.5) is 4.39 Å². The lowest BCUT2D eigenvalue weighted by atomic mass is 10.2. The number of alkyl halides is 1. The van der Waals surface area contributed by atoms with Crippen LogP contribution in [-0.4, -0.2) is 69.5 Å². The van der Waals surface area contributed by atoms with E-state index in [4.69, 9.17) is 20.7 Å². The molecule has 236 valence electrons. The Balaban J connectivity index is 0. The SMILES string of the molecule is CC(=O)CCC(=O)O.CC(C)OC(=O)CN.CCC(COP=O)OC(CF)n1ccc(=O)[nH]c1=O.Oc1ccccc1. The zero-order chi connectivity index (χ0) is 32.5. The fraction of sp³-hybridized carbons (Fsp3) is 0.500. The quantitative estimate of drug-likeness (QED) is 0.188. The Kier molecular flexibility index (Phi) is 24.0. The first-order valence-electron chi connectivity index (χ1n) is 12.6. The summed E-state index contributed by atoms with van der Waals surface area (Å²) in [7, 11) is -0.493. The number of hydrogen-bond acceptors (Lipinski definition) is 11. The summed E-state index contributed by atoms with van der Waals surface area (Å²) in [6.07, 6.45) is 0.0212. The Hall–Kier alpha value is -3.78. The van der Waals surface area contributed by atoms with Crippen LogP contribution in [0.25, 0.3) is 0 Å². The van der Waals surface area contributed by atoms with Crippen molar-refractivity contribution in [2.24, 2.45) is 5.73 Å². The van der Waals surface area contributed by atoms with E-state index in [0.29, 0.717) is 12.2 Å². The molecular weight excluding hydrogens is 580 g/mol. The standard InChI is InChI=1S/C10H14FN2O5P.C6H6O.C5H11NO2.C5H8O3/c1-2-7(6-17-19-16)18-9(5-11)13-4-3-8(14)12-10(13)15;7-6-4-2-1-3-5-6;1-4(2)8-5(7)3-6;1-4(6)2-3-5(7)8/h3-4,7,9H,2,5-6H2,1H3,(H,12,14,15);1-5,7H;4H,3,6H2,1-2H3;2-3H2,1H3,(H,7,8). The number of esters is 1. The summed E-state index contributed by atoms with van der Waals surface area (Å²) in [5.74, 6) is -1.02. The van der Waals surface area contributed by atoms with Gasteiger partial charge in [-0.2, -0.15) is 0 Å². The molecule has 0 saturated heterocycles. The van der Waals surface area contributed by atoms with Gasteiger partial charge in [0.25, 0.3) is 5.56 Å². The average Bonchev–Trinajstić information content (AvgIpc) is 2.93. The van der Waals surface area contributed by atoms with Crippen molar-refractivity contribution in [1.29, 1.82) is 0 Å². The van der Waals surface area contributed by atoms with Crippen LogP contribution in [0.5, 0.6) is 5.75 Å². The van der Waals surface area contributed by atoms with E-state index in [2.05, 4.69) is 9.26 Å². The number of phenolic OH excluding ortho intramolecular Hbond substituents is 1. The number of carboxylic acids is 1. The topological polar surface area (TPSA) is 217 Å². The normalized spacial score (nSPS) is 11.4. The molecule has 2 rings (SSSR count). The number of carbonyl (C=O) groups excluding carboxylic acids is 2. The fourth-order valence-electron chi connectivity index (χ4n) is 2.44. The first-order valence-corrected chi connectivity index (χ1v) is 13.4. The summed E-state index contributed by atoms with van der Waals surface area (Å²) in [4.78, 5) is 54.5. The number of rotatable bonds is 13. The molecule has 0 spiro atoms. The van der Waals surface area contributed by atoms with Crippen molar-refractivity contribution in [1.82, 2.24) is 9.55 Å². The molecule has 2 atom stereocenters. The predicted octanol–water partition coefficient (Wildman–Crippen LogP) is 2.75. The number of carboxylic acid groups (broad SMARTS) is 1. The number of nitrogens with one attached hydrogen (secondary N) is 1. The highest BCUT2D eigenvalue weighted by Crippen LogP contribution is 2.13. The molecular formula is C26H39FN3O11P. The smallest absolute Gasteiger partial charge is 0.330 e. The van der Waals surface area contributed by atoms with Gasteiger partial charge in [0.1, 0.15) is 18.2 Å². The van der Waals surface area contributed by atoms with Gasteiger partial charge in [0, 0.05) is 18.7 Å². The maximum atomic E-state index is 13.0. The summed E-state index contributed by atoms with van der Waals surface area (Å²) >= 11 is 0. The van der Waals surface area contributed by atoms with Crippen molar-refractivity contribution in [3.63, 3.8) is 0 Å². The first kappa shape index (κ1) is 40.4. The molecule has 0 aliphatic rings. The van der Waals surface area contributed by atoms with Crippen LogP contribution < -0.4 is 17.0 Å². The van der Waals surface area contributed by atoms with Gasteiger partial charge in [-0.3, -0.25) is 28.5 Å². The van der Waals surface area contributed by atoms with Crippen LogP contribution in [0.15, 0.2) is 52.2 Å². The molecule has 5 N–H and O–H groups in total. The van der Waals surface area contributed by atoms with Crippen LogP contribution in [0, 0.1) is 0 Å². The number of Topliss-reactive ketones (excluding diaryl/α,β-unsaturated/α-hetero) is 1. The lowest BCUT2D eigenvalue weighted by Gasteiger charge is -2.22. The molecule has 0 bridgehead atoms. The van der Waals surface area contributed by atoms with Gasteiger partial charge in [-0.05, 0) is 39.3 Å². The van der Waals surface area contributed by atoms with E-state index in [1.807, 2.05) is 11.1 Å². The summed E-state index contributed by atoms with van der Waals surface area (Å²) < 4.78 is 38.7. The highest BCUT2D eigenvalue weighted by Gasteiger charge is 2.18. The second kappa shape index (κ2) is 25.0. The van der Waals surface area contributed by atoms with Crippen molar-refractivity contribution in [3.05, 3.63) is 63.4 Å². The Morgan fingerprint density at radius 3 is 2.07 bits per heavy atom. The lowest BCUT2D eigenvalue weighted by molar-refractivity contribution is -0.145. The Bertz CT molecular complexity index is 1150. The molecule has 1 aromatic heterocycles. The van der Waals surface area contributed by atoms with Crippen molar-refractivity contribution < 1.29 is 47.5 Å². The van der Waals surface area contributed by atoms with E-state index in [9.17, 15) is 32.9 Å². The third-order valence-electron chi connectivity index (χ3n) is 4.39. The van der Waals surface area contributed by atoms with Gasteiger partial charge < -0.3 is 30.2 Å². The number of ether oxygens (including phenoxy) is 2.